The van der Waals surface area contributed by atoms with E-state index in [1.165, 1.54) is 35.0 Å². The third-order valence-corrected chi connectivity index (χ3v) is 5.15. The average molecular weight is 393 g/mol. The van der Waals surface area contributed by atoms with Gasteiger partial charge < -0.3 is 15.2 Å². The molecular formula is C21H20FN5O2. The van der Waals surface area contributed by atoms with Crippen molar-refractivity contribution in [3.05, 3.63) is 76.2 Å². The fourth-order valence-electron chi connectivity index (χ4n) is 3.70. The first kappa shape index (κ1) is 18.8. The molecule has 0 spiro atoms. The van der Waals surface area contributed by atoms with Crippen LogP contribution in [-0.4, -0.2) is 31.9 Å². The Bertz CT molecular complexity index is 1130. The lowest BCUT2D eigenvalue weighted by Crippen LogP contribution is -2.32. The number of carbonyl (C=O) groups is 1. The van der Waals surface area contributed by atoms with Crippen molar-refractivity contribution in [3.63, 3.8) is 0 Å². The van der Waals surface area contributed by atoms with E-state index in [4.69, 9.17) is 5.73 Å². The highest BCUT2D eigenvalue weighted by Gasteiger charge is 2.33. The molecule has 1 unspecified atom stereocenters. The molecule has 4 rings (SSSR count). The molecule has 0 aliphatic carbocycles. The van der Waals surface area contributed by atoms with Crippen LogP contribution in [0.5, 0.6) is 0 Å². The molecule has 29 heavy (non-hydrogen) atoms. The normalized spacial score (nSPS) is 16.2. The average Bonchev–Trinajstić information content (AvgIpc) is 3.20. The van der Waals surface area contributed by atoms with Gasteiger partial charge in [-0.2, -0.15) is 0 Å². The molecule has 1 amide bonds. The van der Waals surface area contributed by atoms with Crippen molar-refractivity contribution in [3.8, 4) is 11.1 Å². The van der Waals surface area contributed by atoms with Crippen LogP contribution >= 0.6 is 0 Å². The maximum absolute atomic E-state index is 13.4. The molecule has 0 radical (unpaired) electrons. The number of likely N-dealkylation sites (tertiary alicyclic amines) is 1. The summed E-state index contributed by atoms with van der Waals surface area (Å²) in [6.07, 6.45) is 4.68. The summed E-state index contributed by atoms with van der Waals surface area (Å²) in [7, 11) is 1.61. The van der Waals surface area contributed by atoms with Crippen LogP contribution in [0, 0.1) is 5.82 Å². The van der Waals surface area contributed by atoms with Crippen molar-refractivity contribution in [2.24, 2.45) is 7.05 Å². The summed E-state index contributed by atoms with van der Waals surface area (Å²) in [5.41, 5.74) is 8.20. The van der Waals surface area contributed by atoms with Gasteiger partial charge in [0.25, 0.3) is 5.91 Å². The zero-order valence-electron chi connectivity index (χ0n) is 15.9. The SMILES string of the molecule is Cn1cc(C(=O)N2CCCC2c2nc(N)ncc2-c2ccc(F)cc2)ccc1=O. The van der Waals surface area contributed by atoms with E-state index >= 15 is 0 Å². The maximum atomic E-state index is 13.4. The third-order valence-electron chi connectivity index (χ3n) is 5.15. The number of hydrogen-bond acceptors (Lipinski definition) is 5. The van der Waals surface area contributed by atoms with Crippen molar-refractivity contribution < 1.29 is 9.18 Å². The monoisotopic (exact) mass is 393 g/mol. The number of halogens is 1. The van der Waals surface area contributed by atoms with Crippen LogP contribution < -0.4 is 11.3 Å². The minimum Gasteiger partial charge on any atom is -0.368 e. The van der Waals surface area contributed by atoms with E-state index in [1.807, 2.05) is 0 Å². The number of nitrogen functional groups attached to an aromatic ring is 1. The highest BCUT2D eigenvalue weighted by atomic mass is 19.1. The van der Waals surface area contributed by atoms with Gasteiger partial charge in [0.05, 0.1) is 17.3 Å². The largest absolute Gasteiger partial charge is 0.368 e. The molecule has 1 fully saturated rings. The van der Waals surface area contributed by atoms with Gasteiger partial charge in [-0.05, 0) is 36.6 Å². The molecule has 1 atom stereocenters. The van der Waals surface area contributed by atoms with E-state index in [2.05, 4.69) is 9.97 Å². The highest BCUT2D eigenvalue weighted by molar-refractivity contribution is 5.94. The molecule has 2 N–H and O–H groups in total. The van der Waals surface area contributed by atoms with E-state index in [1.54, 1.807) is 30.3 Å². The van der Waals surface area contributed by atoms with Crippen LogP contribution in [0.3, 0.4) is 0 Å². The number of amides is 1. The summed E-state index contributed by atoms with van der Waals surface area (Å²) in [6, 6.07) is 8.68. The van der Waals surface area contributed by atoms with E-state index in [0.717, 1.165) is 18.4 Å². The lowest BCUT2D eigenvalue weighted by molar-refractivity contribution is 0.0732. The second kappa shape index (κ2) is 7.46. The van der Waals surface area contributed by atoms with Gasteiger partial charge in [-0.25, -0.2) is 14.4 Å². The van der Waals surface area contributed by atoms with Gasteiger partial charge in [-0.15, -0.1) is 0 Å². The third kappa shape index (κ3) is 3.61. The molecule has 0 saturated carbocycles. The summed E-state index contributed by atoms with van der Waals surface area (Å²) < 4.78 is 14.7. The predicted molar refractivity (Wildman–Crippen MR) is 107 cm³/mol. The quantitative estimate of drug-likeness (QED) is 0.738. The molecule has 8 heteroatoms. The van der Waals surface area contributed by atoms with E-state index in [9.17, 15) is 14.0 Å². The fraction of sp³-hybridized carbons (Fsp3) is 0.238. The molecule has 0 bridgehead atoms. The lowest BCUT2D eigenvalue weighted by atomic mass is 9.99. The molecule has 2 aromatic heterocycles. The topological polar surface area (TPSA) is 94.1 Å². The predicted octanol–water partition coefficient (Wildman–Crippen LogP) is 2.54. The fourth-order valence-corrected chi connectivity index (χ4v) is 3.70. The Morgan fingerprint density at radius 1 is 1.21 bits per heavy atom. The van der Waals surface area contributed by atoms with E-state index in [-0.39, 0.29) is 29.3 Å². The summed E-state index contributed by atoms with van der Waals surface area (Å²) in [6.45, 7) is 0.569. The molecule has 3 heterocycles. The van der Waals surface area contributed by atoms with Crippen molar-refractivity contribution >= 4 is 11.9 Å². The van der Waals surface area contributed by atoms with Crippen LogP contribution in [0.1, 0.15) is 34.9 Å². The van der Waals surface area contributed by atoms with Crippen LogP contribution in [0.4, 0.5) is 10.3 Å². The number of aryl methyl sites for hydroxylation is 1. The maximum Gasteiger partial charge on any atom is 0.255 e. The van der Waals surface area contributed by atoms with Crippen molar-refractivity contribution in [2.45, 2.75) is 18.9 Å². The number of hydrogen-bond donors (Lipinski definition) is 1. The first-order valence-corrected chi connectivity index (χ1v) is 9.30. The zero-order chi connectivity index (χ0) is 20.5. The Morgan fingerprint density at radius 3 is 2.69 bits per heavy atom. The molecular weight excluding hydrogens is 373 g/mol. The summed E-state index contributed by atoms with van der Waals surface area (Å²) in [5, 5.41) is 0. The van der Waals surface area contributed by atoms with E-state index < -0.39 is 0 Å². The molecule has 1 aliphatic heterocycles. The molecule has 1 aliphatic rings. The highest BCUT2D eigenvalue weighted by Crippen LogP contribution is 2.37. The second-order valence-electron chi connectivity index (χ2n) is 7.06. The summed E-state index contributed by atoms with van der Waals surface area (Å²) in [4.78, 5) is 35.1. The van der Waals surface area contributed by atoms with Crippen LogP contribution in [0.2, 0.25) is 0 Å². The van der Waals surface area contributed by atoms with Crippen molar-refractivity contribution in [1.82, 2.24) is 19.4 Å². The van der Waals surface area contributed by atoms with Gasteiger partial charge in [-0.1, -0.05) is 12.1 Å². The number of anilines is 1. The van der Waals surface area contributed by atoms with Gasteiger partial charge in [0, 0.05) is 37.6 Å². The molecule has 1 aromatic carbocycles. The number of aromatic nitrogens is 3. The number of pyridine rings is 1. The Balaban J connectivity index is 1.74. The molecule has 148 valence electrons. The van der Waals surface area contributed by atoms with Gasteiger partial charge >= 0.3 is 0 Å². The summed E-state index contributed by atoms with van der Waals surface area (Å²) >= 11 is 0. The lowest BCUT2D eigenvalue weighted by Gasteiger charge is -2.26. The summed E-state index contributed by atoms with van der Waals surface area (Å²) in [5.74, 6) is -0.392. The van der Waals surface area contributed by atoms with Crippen LogP contribution in [0.25, 0.3) is 11.1 Å². The van der Waals surface area contributed by atoms with Crippen LogP contribution in [0.15, 0.2) is 53.6 Å². The van der Waals surface area contributed by atoms with Crippen molar-refractivity contribution in [2.75, 3.05) is 12.3 Å². The minimum atomic E-state index is -0.334. The smallest absolute Gasteiger partial charge is 0.255 e. The first-order chi connectivity index (χ1) is 13.9. The number of rotatable bonds is 3. The Morgan fingerprint density at radius 2 is 1.97 bits per heavy atom. The van der Waals surface area contributed by atoms with Gasteiger partial charge in [-0.3, -0.25) is 9.59 Å². The Hall–Kier alpha value is -3.55. The second-order valence-corrected chi connectivity index (χ2v) is 7.06. The van der Waals surface area contributed by atoms with Gasteiger partial charge in [0.1, 0.15) is 5.82 Å². The Labute approximate surface area is 166 Å². The van der Waals surface area contributed by atoms with E-state index in [0.29, 0.717) is 23.4 Å². The number of benzene rings is 1. The standard InChI is InChI=1S/C21H20FN5O2/c1-26-12-14(6-9-18(26)28)20(29)27-10-2-3-17(27)19-16(11-24-21(23)25-19)13-4-7-15(22)8-5-13/h4-9,11-12,17H,2-3,10H2,1H3,(H2,23,24,25). The van der Waals surface area contributed by atoms with Crippen molar-refractivity contribution in [1.29, 1.82) is 0 Å². The zero-order valence-corrected chi connectivity index (χ0v) is 15.9. The van der Waals surface area contributed by atoms with Gasteiger partial charge in [0.2, 0.25) is 11.5 Å². The Kier molecular flexibility index (Phi) is 4.84. The van der Waals surface area contributed by atoms with Gasteiger partial charge in [0.15, 0.2) is 0 Å². The first-order valence-electron chi connectivity index (χ1n) is 9.30. The minimum absolute atomic E-state index is 0.118. The number of carbonyl (C=O) groups excluding carboxylic acids is 1. The molecule has 3 aromatic rings. The molecule has 7 nitrogen and oxygen atoms in total. The van der Waals surface area contributed by atoms with Crippen LogP contribution in [-0.2, 0) is 7.05 Å². The number of nitrogens with zero attached hydrogens (tertiary/aromatic N) is 4. The molecule has 1 saturated heterocycles. The number of nitrogens with two attached hydrogens (primary N) is 1.